The highest BCUT2D eigenvalue weighted by Gasteiger charge is 2.05. The van der Waals surface area contributed by atoms with Crippen molar-refractivity contribution in [2.45, 2.75) is 19.3 Å². The fraction of sp³-hybridized carbons (Fsp3) is 0.625. The molecule has 0 spiro atoms. The molecule has 4 nitrogen and oxygen atoms in total. The van der Waals surface area contributed by atoms with Crippen LogP contribution in [0.15, 0.2) is 6.20 Å². The third kappa shape index (κ3) is 3.55. The van der Waals surface area contributed by atoms with Crippen LogP contribution in [0.25, 0.3) is 0 Å². The Hall–Kier alpha value is -0.900. The monoisotopic (exact) mass is 201 g/mol. The molecule has 0 amide bonds. The van der Waals surface area contributed by atoms with Gasteiger partial charge in [0.25, 0.3) is 0 Å². The second-order valence-corrected chi connectivity index (χ2v) is 3.27. The molecule has 5 heteroatoms. The molecule has 0 saturated heterocycles. The van der Waals surface area contributed by atoms with Gasteiger partial charge in [-0.25, -0.2) is 0 Å². The predicted molar refractivity (Wildman–Crippen MR) is 49.7 cm³/mol. The van der Waals surface area contributed by atoms with Crippen molar-refractivity contribution in [1.82, 2.24) is 15.0 Å². The second-order valence-electron chi connectivity index (χ2n) is 2.89. The van der Waals surface area contributed by atoms with E-state index in [9.17, 15) is 4.79 Å². The minimum Gasteiger partial charge on any atom is -0.299 e. The molecule has 0 atom stereocenters. The van der Waals surface area contributed by atoms with E-state index in [1.54, 1.807) is 17.9 Å². The van der Waals surface area contributed by atoms with E-state index >= 15 is 0 Å². The van der Waals surface area contributed by atoms with Crippen LogP contribution >= 0.6 is 11.6 Å². The van der Waals surface area contributed by atoms with Gasteiger partial charge < -0.3 is 0 Å². The molecule has 0 unspecified atom stereocenters. The Balaban J connectivity index is 2.36. The highest BCUT2D eigenvalue weighted by molar-refractivity contribution is 6.17. The normalized spacial score (nSPS) is 10.3. The highest BCUT2D eigenvalue weighted by Crippen LogP contribution is 2.00. The first kappa shape index (κ1) is 10.2. The van der Waals surface area contributed by atoms with Crippen molar-refractivity contribution in [1.29, 1.82) is 0 Å². The first-order chi connectivity index (χ1) is 6.22. The third-order valence-corrected chi connectivity index (χ3v) is 1.88. The third-order valence-electron chi connectivity index (χ3n) is 1.62. The molecule has 0 saturated carbocycles. The van der Waals surface area contributed by atoms with E-state index < -0.39 is 0 Å². The number of hydrogen-bond acceptors (Lipinski definition) is 3. The Bertz CT molecular complexity index is 285. The molecule has 0 aliphatic carbocycles. The zero-order valence-corrected chi connectivity index (χ0v) is 8.29. The highest BCUT2D eigenvalue weighted by atomic mass is 35.5. The predicted octanol–water partition coefficient (Wildman–Crippen LogP) is 0.946. The number of Topliss-reactive ketones (excluding diaryl/α,β-unsaturated/α-hetero) is 1. The van der Waals surface area contributed by atoms with Crippen LogP contribution in [0.1, 0.15) is 18.5 Å². The second kappa shape index (κ2) is 4.97. The average Bonchev–Trinajstić information content (AvgIpc) is 2.48. The van der Waals surface area contributed by atoms with Crippen LogP contribution in [0.5, 0.6) is 0 Å². The van der Waals surface area contributed by atoms with Crippen LogP contribution in [0.3, 0.4) is 0 Å². The molecule has 13 heavy (non-hydrogen) atoms. The fourth-order valence-electron chi connectivity index (χ4n) is 1.03. The first-order valence-corrected chi connectivity index (χ1v) is 4.68. The molecule has 72 valence electrons. The lowest BCUT2D eigenvalue weighted by atomic mass is 10.1. The summed E-state index contributed by atoms with van der Waals surface area (Å²) in [5, 5.41) is 7.56. The average molecular weight is 202 g/mol. The summed E-state index contributed by atoms with van der Waals surface area (Å²) in [6.07, 6.45) is 3.38. The number of aromatic nitrogens is 3. The minimum atomic E-state index is 0.168. The number of rotatable bonds is 5. The van der Waals surface area contributed by atoms with Gasteiger partial charge in [0.1, 0.15) is 5.78 Å². The summed E-state index contributed by atoms with van der Waals surface area (Å²) in [4.78, 5) is 11.2. The quantitative estimate of drug-likeness (QED) is 0.667. The zero-order chi connectivity index (χ0) is 9.68. The molecule has 1 aromatic heterocycles. The Kier molecular flexibility index (Phi) is 3.89. The van der Waals surface area contributed by atoms with E-state index in [0.717, 1.165) is 12.1 Å². The van der Waals surface area contributed by atoms with E-state index in [2.05, 4.69) is 10.3 Å². The minimum absolute atomic E-state index is 0.168. The fourth-order valence-corrected chi connectivity index (χ4v) is 1.16. The maximum Gasteiger partial charge on any atom is 0.139 e. The van der Waals surface area contributed by atoms with E-state index in [1.807, 2.05) is 0 Å². The van der Waals surface area contributed by atoms with E-state index in [0.29, 0.717) is 18.7 Å². The van der Waals surface area contributed by atoms with Crippen molar-refractivity contribution < 1.29 is 4.79 Å². The number of carbonyl (C=O) groups excluding carboxylic acids is 1. The van der Waals surface area contributed by atoms with Gasteiger partial charge >= 0.3 is 0 Å². The van der Waals surface area contributed by atoms with Gasteiger partial charge in [-0.15, -0.1) is 16.7 Å². The lowest BCUT2D eigenvalue weighted by molar-refractivity contribution is -0.118. The SMILES string of the molecule is Cn1cc(CC(=O)CCCCl)nn1. The van der Waals surface area contributed by atoms with Gasteiger partial charge in [0.15, 0.2) is 0 Å². The number of nitrogens with zero attached hydrogens (tertiary/aromatic N) is 3. The standard InChI is InChI=1S/C8H12ClN3O/c1-12-6-7(10-11-12)5-8(13)3-2-4-9/h6H,2-5H2,1H3. The lowest BCUT2D eigenvalue weighted by Gasteiger charge is -1.94. The summed E-state index contributed by atoms with van der Waals surface area (Å²) in [6.45, 7) is 0. The van der Waals surface area contributed by atoms with Crippen LogP contribution in [0.2, 0.25) is 0 Å². The summed E-state index contributed by atoms with van der Waals surface area (Å²) in [7, 11) is 1.78. The smallest absolute Gasteiger partial charge is 0.139 e. The molecule has 1 aromatic rings. The maximum atomic E-state index is 11.2. The summed E-state index contributed by atoms with van der Waals surface area (Å²) >= 11 is 5.47. The number of alkyl halides is 1. The summed E-state index contributed by atoms with van der Waals surface area (Å²) in [6, 6.07) is 0. The summed E-state index contributed by atoms with van der Waals surface area (Å²) < 4.78 is 1.59. The molecule has 1 rings (SSSR count). The van der Waals surface area contributed by atoms with Crippen LogP contribution in [-0.4, -0.2) is 26.7 Å². The molecule has 0 radical (unpaired) electrons. The van der Waals surface area contributed by atoms with Gasteiger partial charge in [-0.05, 0) is 6.42 Å². The Morgan fingerprint density at radius 2 is 2.46 bits per heavy atom. The van der Waals surface area contributed by atoms with Crippen LogP contribution in [0.4, 0.5) is 0 Å². The first-order valence-electron chi connectivity index (χ1n) is 4.15. The summed E-state index contributed by atoms with van der Waals surface area (Å²) in [5.74, 6) is 0.702. The number of hydrogen-bond donors (Lipinski definition) is 0. The molecular weight excluding hydrogens is 190 g/mol. The van der Waals surface area contributed by atoms with E-state index in [1.165, 1.54) is 0 Å². The van der Waals surface area contributed by atoms with Gasteiger partial charge in [-0.2, -0.15) is 0 Å². The molecule has 0 aliphatic heterocycles. The van der Waals surface area contributed by atoms with Crippen LogP contribution in [-0.2, 0) is 18.3 Å². The Labute approximate surface area is 81.9 Å². The largest absolute Gasteiger partial charge is 0.299 e. The van der Waals surface area contributed by atoms with Gasteiger partial charge in [0.2, 0.25) is 0 Å². The van der Waals surface area contributed by atoms with Gasteiger partial charge in [0, 0.05) is 25.5 Å². The van der Waals surface area contributed by atoms with Crippen molar-refractivity contribution in [3.8, 4) is 0 Å². The van der Waals surface area contributed by atoms with Crippen molar-refractivity contribution in [3.63, 3.8) is 0 Å². The number of halogens is 1. The van der Waals surface area contributed by atoms with Gasteiger partial charge in [-0.1, -0.05) is 5.21 Å². The van der Waals surface area contributed by atoms with Crippen LogP contribution < -0.4 is 0 Å². The molecule has 0 aromatic carbocycles. The summed E-state index contributed by atoms with van der Waals surface area (Å²) in [5.41, 5.74) is 0.724. The lowest BCUT2D eigenvalue weighted by Crippen LogP contribution is -2.03. The topological polar surface area (TPSA) is 47.8 Å². The molecule has 0 bridgehead atoms. The molecule has 0 aliphatic rings. The van der Waals surface area contributed by atoms with Gasteiger partial charge in [0.05, 0.1) is 12.1 Å². The van der Waals surface area contributed by atoms with E-state index in [4.69, 9.17) is 11.6 Å². The Morgan fingerprint density at radius 3 is 3.00 bits per heavy atom. The van der Waals surface area contributed by atoms with Crippen molar-refractivity contribution in [2.24, 2.45) is 7.05 Å². The maximum absolute atomic E-state index is 11.2. The molecule has 1 heterocycles. The number of ketones is 1. The molecule has 0 N–H and O–H groups in total. The van der Waals surface area contributed by atoms with Crippen molar-refractivity contribution in [2.75, 3.05) is 5.88 Å². The number of aryl methyl sites for hydroxylation is 1. The number of carbonyl (C=O) groups is 1. The van der Waals surface area contributed by atoms with Gasteiger partial charge in [-0.3, -0.25) is 9.48 Å². The van der Waals surface area contributed by atoms with E-state index in [-0.39, 0.29) is 5.78 Å². The molecular formula is C8H12ClN3O. The zero-order valence-electron chi connectivity index (χ0n) is 7.53. The van der Waals surface area contributed by atoms with Crippen molar-refractivity contribution in [3.05, 3.63) is 11.9 Å². The molecule has 0 fully saturated rings. The Morgan fingerprint density at radius 1 is 1.69 bits per heavy atom. The van der Waals surface area contributed by atoms with Crippen LogP contribution in [0, 0.1) is 0 Å². The van der Waals surface area contributed by atoms with Crippen molar-refractivity contribution >= 4 is 17.4 Å².